The summed E-state index contributed by atoms with van der Waals surface area (Å²) in [5.41, 5.74) is 0.266. The SMILES string of the molecule is CC1(C)[C@H]2C[C@@H]1[C@H](CP(=O)(c1ccccc1)c1ccccc1)[C@@H](O)C2. The predicted molar refractivity (Wildman–Crippen MR) is 104 cm³/mol. The molecule has 2 aromatic rings. The smallest absolute Gasteiger partial charge is 0.143 e. The van der Waals surface area contributed by atoms with Crippen LogP contribution in [0.4, 0.5) is 0 Å². The van der Waals surface area contributed by atoms with Crippen LogP contribution in [-0.4, -0.2) is 17.4 Å². The molecule has 25 heavy (non-hydrogen) atoms. The maximum absolute atomic E-state index is 14.3. The second kappa shape index (κ2) is 6.11. The predicted octanol–water partition coefficient (Wildman–Crippen LogP) is 4.04. The van der Waals surface area contributed by atoms with Crippen molar-refractivity contribution in [2.24, 2.45) is 23.2 Å². The van der Waals surface area contributed by atoms with Crippen LogP contribution in [0.3, 0.4) is 0 Å². The fourth-order valence-corrected chi connectivity index (χ4v) is 8.28. The van der Waals surface area contributed by atoms with E-state index in [9.17, 15) is 9.67 Å². The molecule has 0 aliphatic heterocycles. The molecular formula is C22H27O2P. The summed E-state index contributed by atoms with van der Waals surface area (Å²) >= 11 is 0. The van der Waals surface area contributed by atoms with Gasteiger partial charge >= 0.3 is 0 Å². The lowest BCUT2D eigenvalue weighted by Crippen LogP contribution is -2.58. The molecule has 0 amide bonds. The van der Waals surface area contributed by atoms with Gasteiger partial charge in [0.2, 0.25) is 0 Å². The number of rotatable bonds is 4. The quantitative estimate of drug-likeness (QED) is 0.842. The Hall–Kier alpha value is -1.37. The van der Waals surface area contributed by atoms with E-state index in [0.717, 1.165) is 17.0 Å². The second-order valence-corrected chi connectivity index (χ2v) is 11.3. The Bertz CT molecular complexity index is 741. The Labute approximate surface area is 150 Å². The molecule has 0 aromatic heterocycles. The molecule has 3 aliphatic rings. The number of hydrogen-bond acceptors (Lipinski definition) is 2. The molecule has 0 heterocycles. The highest BCUT2D eigenvalue weighted by Gasteiger charge is 2.58. The first-order valence-corrected chi connectivity index (χ1v) is 11.2. The topological polar surface area (TPSA) is 37.3 Å². The average molecular weight is 354 g/mol. The van der Waals surface area contributed by atoms with E-state index in [0.29, 0.717) is 18.0 Å². The van der Waals surface area contributed by atoms with Crippen LogP contribution in [0, 0.1) is 23.2 Å². The third-order valence-electron chi connectivity index (χ3n) is 6.90. The van der Waals surface area contributed by atoms with Gasteiger partial charge in [-0.1, -0.05) is 74.5 Å². The molecule has 3 fully saturated rings. The average Bonchev–Trinajstić information content (AvgIpc) is 2.64. The first kappa shape index (κ1) is 17.1. The summed E-state index contributed by atoms with van der Waals surface area (Å²) in [5, 5.41) is 12.6. The first-order chi connectivity index (χ1) is 11.9. The highest BCUT2D eigenvalue weighted by molar-refractivity contribution is 7.78. The van der Waals surface area contributed by atoms with Crippen molar-refractivity contribution >= 4 is 17.8 Å². The van der Waals surface area contributed by atoms with Crippen molar-refractivity contribution in [3.63, 3.8) is 0 Å². The first-order valence-electron chi connectivity index (χ1n) is 9.31. The van der Waals surface area contributed by atoms with Crippen LogP contribution < -0.4 is 10.6 Å². The Balaban J connectivity index is 1.74. The van der Waals surface area contributed by atoms with Crippen LogP contribution in [0.15, 0.2) is 60.7 Å². The van der Waals surface area contributed by atoms with Crippen molar-refractivity contribution in [1.82, 2.24) is 0 Å². The highest BCUT2D eigenvalue weighted by Crippen LogP contribution is 2.63. The van der Waals surface area contributed by atoms with Gasteiger partial charge in [0.25, 0.3) is 0 Å². The fourth-order valence-electron chi connectivity index (χ4n) is 5.16. The molecule has 0 radical (unpaired) electrons. The van der Waals surface area contributed by atoms with Crippen LogP contribution in [0.1, 0.15) is 26.7 Å². The number of benzene rings is 2. The molecule has 5 rings (SSSR count). The molecule has 2 bridgehead atoms. The Morgan fingerprint density at radius 3 is 1.96 bits per heavy atom. The minimum atomic E-state index is -2.76. The fraction of sp³-hybridized carbons (Fsp3) is 0.455. The highest BCUT2D eigenvalue weighted by atomic mass is 31.2. The van der Waals surface area contributed by atoms with Crippen LogP contribution in [0.2, 0.25) is 0 Å². The summed E-state index contributed by atoms with van der Waals surface area (Å²) in [7, 11) is -2.76. The normalized spacial score (nSPS) is 30.5. The van der Waals surface area contributed by atoms with Gasteiger partial charge in [0.15, 0.2) is 0 Å². The molecule has 3 aliphatic carbocycles. The van der Waals surface area contributed by atoms with Crippen molar-refractivity contribution < 1.29 is 9.67 Å². The molecule has 2 nitrogen and oxygen atoms in total. The van der Waals surface area contributed by atoms with E-state index in [4.69, 9.17) is 0 Å². The molecule has 2 aromatic carbocycles. The zero-order valence-electron chi connectivity index (χ0n) is 15.0. The van der Waals surface area contributed by atoms with Gasteiger partial charge in [-0.3, -0.25) is 0 Å². The lowest BCUT2D eigenvalue weighted by Gasteiger charge is -2.62. The molecule has 4 atom stereocenters. The molecule has 132 valence electrons. The molecule has 0 saturated heterocycles. The van der Waals surface area contributed by atoms with Gasteiger partial charge in [-0.25, -0.2) is 0 Å². The maximum Gasteiger partial charge on any atom is 0.143 e. The summed E-state index contributed by atoms with van der Waals surface area (Å²) < 4.78 is 14.3. The van der Waals surface area contributed by atoms with E-state index in [-0.39, 0.29) is 17.4 Å². The lowest BCUT2D eigenvalue weighted by molar-refractivity contribution is -0.153. The van der Waals surface area contributed by atoms with E-state index in [1.165, 1.54) is 6.42 Å². The third kappa shape index (κ3) is 2.71. The zero-order chi connectivity index (χ0) is 17.7. The van der Waals surface area contributed by atoms with E-state index in [1.807, 2.05) is 60.7 Å². The number of hydrogen-bond donors (Lipinski definition) is 1. The van der Waals surface area contributed by atoms with E-state index >= 15 is 0 Å². The van der Waals surface area contributed by atoms with E-state index < -0.39 is 7.14 Å². The number of aliphatic hydroxyl groups excluding tert-OH is 1. The Morgan fingerprint density at radius 2 is 1.48 bits per heavy atom. The van der Waals surface area contributed by atoms with Crippen LogP contribution in [-0.2, 0) is 4.57 Å². The van der Waals surface area contributed by atoms with Crippen molar-refractivity contribution in [1.29, 1.82) is 0 Å². The van der Waals surface area contributed by atoms with Crippen LogP contribution in [0.5, 0.6) is 0 Å². The van der Waals surface area contributed by atoms with Crippen molar-refractivity contribution in [2.45, 2.75) is 32.8 Å². The standard InChI is InChI=1S/C22H27O2P/c1-22(2)16-13-20(22)19(21(23)14-16)15-25(24,17-9-5-3-6-10-17)18-11-7-4-8-12-18/h3-12,16,19-21,23H,13-15H2,1-2H3/t16-,19-,20+,21-/m0/s1. The summed E-state index contributed by atoms with van der Waals surface area (Å²) in [4.78, 5) is 0. The maximum atomic E-state index is 14.3. The third-order valence-corrected chi connectivity index (χ3v) is 10.1. The molecular weight excluding hydrogens is 327 g/mol. The van der Waals surface area contributed by atoms with Crippen molar-refractivity contribution in [2.75, 3.05) is 6.16 Å². The molecule has 0 unspecified atom stereocenters. The number of aliphatic hydroxyl groups is 1. The van der Waals surface area contributed by atoms with Gasteiger partial charge in [0.1, 0.15) is 7.14 Å². The van der Waals surface area contributed by atoms with Crippen LogP contribution >= 0.6 is 7.14 Å². The summed E-state index contributed by atoms with van der Waals surface area (Å²) in [5.74, 6) is 1.21. The molecule has 3 saturated carbocycles. The Morgan fingerprint density at radius 1 is 0.960 bits per heavy atom. The largest absolute Gasteiger partial charge is 0.393 e. The van der Waals surface area contributed by atoms with Gasteiger partial charge in [0, 0.05) is 16.8 Å². The minimum absolute atomic E-state index is 0.117. The van der Waals surface area contributed by atoms with Crippen molar-refractivity contribution in [3.05, 3.63) is 60.7 Å². The summed E-state index contributed by atoms with van der Waals surface area (Å²) in [6.45, 7) is 4.64. The molecule has 1 N–H and O–H groups in total. The second-order valence-electron chi connectivity index (χ2n) is 8.42. The van der Waals surface area contributed by atoms with Gasteiger partial charge in [-0.2, -0.15) is 0 Å². The lowest BCUT2D eigenvalue weighted by atomic mass is 9.45. The van der Waals surface area contributed by atoms with Crippen molar-refractivity contribution in [3.8, 4) is 0 Å². The number of fused-ring (bicyclic) bond motifs is 2. The monoisotopic (exact) mass is 354 g/mol. The van der Waals surface area contributed by atoms with E-state index in [2.05, 4.69) is 13.8 Å². The Kier molecular flexibility index (Phi) is 4.17. The minimum Gasteiger partial charge on any atom is -0.393 e. The van der Waals surface area contributed by atoms with Crippen LogP contribution in [0.25, 0.3) is 0 Å². The van der Waals surface area contributed by atoms with Gasteiger partial charge in [-0.05, 0) is 36.0 Å². The summed E-state index contributed by atoms with van der Waals surface area (Å²) in [6, 6.07) is 19.7. The van der Waals surface area contributed by atoms with Gasteiger partial charge in [-0.15, -0.1) is 0 Å². The van der Waals surface area contributed by atoms with Gasteiger partial charge < -0.3 is 9.67 Å². The zero-order valence-corrected chi connectivity index (χ0v) is 15.9. The van der Waals surface area contributed by atoms with E-state index in [1.54, 1.807) is 0 Å². The molecule has 0 spiro atoms. The molecule has 3 heteroatoms. The van der Waals surface area contributed by atoms with Gasteiger partial charge in [0.05, 0.1) is 6.10 Å². The summed E-state index contributed by atoms with van der Waals surface area (Å²) in [6.07, 6.45) is 2.29.